The number of fused-ring (bicyclic) bond motifs is 4. The van der Waals surface area contributed by atoms with E-state index in [0.29, 0.717) is 24.5 Å². The lowest BCUT2D eigenvalue weighted by molar-refractivity contribution is 0.374. The number of nitriles is 1. The van der Waals surface area contributed by atoms with Crippen molar-refractivity contribution in [2.24, 2.45) is 0 Å². The largest absolute Gasteiger partial charge is 0.467 e. The number of nitrogens with one attached hydrogen (secondary N) is 1. The number of hydrogen-bond acceptors (Lipinski definition) is 8. The van der Waals surface area contributed by atoms with Crippen molar-refractivity contribution in [3.05, 3.63) is 53.2 Å². The Kier molecular flexibility index (Phi) is 8.03. The molecule has 4 aliphatic rings. The molecule has 3 saturated heterocycles. The van der Waals surface area contributed by atoms with E-state index in [2.05, 4.69) is 69.5 Å². The third kappa shape index (κ3) is 5.59. The van der Waals surface area contributed by atoms with Gasteiger partial charge in [0.1, 0.15) is 5.82 Å². The van der Waals surface area contributed by atoms with Crippen LogP contribution in [0, 0.1) is 11.3 Å². The predicted molar refractivity (Wildman–Crippen MR) is 160 cm³/mol. The molecule has 0 radical (unpaired) electrons. The first-order chi connectivity index (χ1) is 19.6. The van der Waals surface area contributed by atoms with Gasteiger partial charge in [0.25, 0.3) is 0 Å². The van der Waals surface area contributed by atoms with Gasteiger partial charge in [0, 0.05) is 54.8 Å². The van der Waals surface area contributed by atoms with E-state index in [9.17, 15) is 0 Å². The molecule has 2 atom stereocenters. The van der Waals surface area contributed by atoms with Gasteiger partial charge < -0.3 is 24.8 Å². The first-order valence-electron chi connectivity index (χ1n) is 14.9. The molecule has 4 aliphatic heterocycles. The second-order valence-electron chi connectivity index (χ2n) is 11.6. The molecule has 5 heterocycles. The number of nitrogens with zero attached hydrogens (tertiary/aromatic N) is 6. The Morgan fingerprint density at radius 1 is 1.00 bits per heavy atom. The van der Waals surface area contributed by atoms with E-state index >= 15 is 0 Å². The van der Waals surface area contributed by atoms with E-state index in [4.69, 9.17) is 20.0 Å². The smallest absolute Gasteiger partial charge is 0.318 e. The molecule has 0 aliphatic carbocycles. The first kappa shape index (κ1) is 26.8. The second-order valence-corrected chi connectivity index (χ2v) is 11.6. The Hall–Kier alpha value is -3.41. The van der Waals surface area contributed by atoms with Crippen LogP contribution in [0.25, 0.3) is 10.8 Å². The summed E-state index contributed by atoms with van der Waals surface area (Å²) in [6.45, 7) is 6.28. The van der Waals surface area contributed by atoms with Gasteiger partial charge in [-0.25, -0.2) is 0 Å². The van der Waals surface area contributed by atoms with Gasteiger partial charge in [0.15, 0.2) is 0 Å². The Bertz CT molecular complexity index is 1360. The summed E-state index contributed by atoms with van der Waals surface area (Å²) in [7, 11) is 3.83. The molecule has 8 nitrogen and oxygen atoms in total. The Labute approximate surface area is 237 Å². The zero-order valence-electron chi connectivity index (χ0n) is 23.9. The minimum absolute atomic E-state index is 0.453. The quantitative estimate of drug-likeness (QED) is 0.514. The number of methoxy groups -OCH3 is 1. The fourth-order valence-corrected chi connectivity index (χ4v) is 6.85. The summed E-state index contributed by atoms with van der Waals surface area (Å²) < 4.78 is 5.54. The highest BCUT2D eigenvalue weighted by atomic mass is 16.5. The van der Waals surface area contributed by atoms with E-state index in [1.807, 2.05) is 0 Å². The Morgan fingerprint density at radius 2 is 1.75 bits per heavy atom. The molecule has 2 unspecified atom stereocenters. The number of benzene rings is 2. The van der Waals surface area contributed by atoms with E-state index in [1.54, 1.807) is 7.11 Å². The molecule has 7 rings (SSSR count). The molecule has 3 aromatic rings. The first-order valence-corrected chi connectivity index (χ1v) is 14.9. The van der Waals surface area contributed by atoms with E-state index in [1.165, 1.54) is 66.4 Å². The number of piperazine rings is 1. The highest BCUT2D eigenvalue weighted by Crippen LogP contribution is 2.36. The summed E-state index contributed by atoms with van der Waals surface area (Å²) in [6, 6.07) is 16.8. The fraction of sp³-hybridized carbons (Fsp3) is 0.531. The molecule has 210 valence electrons. The summed E-state index contributed by atoms with van der Waals surface area (Å²) in [6.07, 6.45) is 7.51. The number of hydrogen-bond donors (Lipinski definition) is 1. The number of likely N-dealkylation sites (tertiary alicyclic amines) is 1. The molecular weight excluding hydrogens is 498 g/mol. The highest BCUT2D eigenvalue weighted by Gasteiger charge is 2.35. The predicted octanol–water partition coefficient (Wildman–Crippen LogP) is 4.31. The molecule has 0 saturated carbocycles. The summed E-state index contributed by atoms with van der Waals surface area (Å²) in [5, 5.41) is 15.3. The third-order valence-electron chi connectivity index (χ3n) is 8.87. The van der Waals surface area contributed by atoms with Gasteiger partial charge >= 0.3 is 6.01 Å². The lowest BCUT2D eigenvalue weighted by Crippen LogP contribution is -2.52. The van der Waals surface area contributed by atoms with Crippen LogP contribution in [-0.2, 0) is 19.4 Å². The SMILES string of the molecule is CN1CCCC1.COc1nc2c(c(N3CC4CCC(C3)N4)n1)CCN(c1cccc3cccc(CCC#N)c13)C2. The van der Waals surface area contributed by atoms with Gasteiger partial charge in [-0.15, -0.1) is 0 Å². The molecule has 1 aromatic heterocycles. The van der Waals surface area contributed by atoms with Crippen LogP contribution in [0.1, 0.15) is 48.9 Å². The molecule has 0 spiro atoms. The Morgan fingerprint density at radius 3 is 2.42 bits per heavy atom. The zero-order chi connectivity index (χ0) is 27.5. The summed E-state index contributed by atoms with van der Waals surface area (Å²) >= 11 is 0. The van der Waals surface area contributed by atoms with Crippen molar-refractivity contribution in [3.63, 3.8) is 0 Å². The van der Waals surface area contributed by atoms with Crippen LogP contribution >= 0.6 is 0 Å². The molecule has 2 bridgehead atoms. The van der Waals surface area contributed by atoms with Gasteiger partial charge in [0.2, 0.25) is 0 Å². The van der Waals surface area contributed by atoms with Gasteiger partial charge in [-0.3, -0.25) is 0 Å². The van der Waals surface area contributed by atoms with Crippen molar-refractivity contribution in [3.8, 4) is 12.1 Å². The van der Waals surface area contributed by atoms with Crippen molar-refractivity contribution in [1.82, 2.24) is 20.2 Å². The van der Waals surface area contributed by atoms with Crippen LogP contribution in [0.5, 0.6) is 6.01 Å². The maximum atomic E-state index is 9.15. The van der Waals surface area contributed by atoms with Crippen LogP contribution in [0.15, 0.2) is 36.4 Å². The normalized spacial score (nSPS) is 22.0. The monoisotopic (exact) mass is 539 g/mol. The molecule has 0 amide bonds. The number of ether oxygens (including phenoxy) is 1. The van der Waals surface area contributed by atoms with Gasteiger partial charge in [-0.1, -0.05) is 30.3 Å². The molecular formula is C32H41N7O. The van der Waals surface area contributed by atoms with Crippen molar-refractivity contribution < 1.29 is 4.74 Å². The molecule has 40 heavy (non-hydrogen) atoms. The lowest BCUT2D eigenvalue weighted by Gasteiger charge is -2.37. The fourth-order valence-electron chi connectivity index (χ4n) is 6.85. The van der Waals surface area contributed by atoms with Crippen molar-refractivity contribution in [2.45, 2.75) is 63.6 Å². The zero-order valence-corrected chi connectivity index (χ0v) is 23.9. The minimum Gasteiger partial charge on any atom is -0.467 e. The van der Waals surface area contributed by atoms with Crippen LogP contribution in [-0.4, -0.2) is 73.8 Å². The molecule has 1 N–H and O–H groups in total. The average molecular weight is 540 g/mol. The van der Waals surface area contributed by atoms with Gasteiger partial charge in [0.05, 0.1) is 25.4 Å². The number of anilines is 2. The van der Waals surface area contributed by atoms with E-state index in [0.717, 1.165) is 50.5 Å². The summed E-state index contributed by atoms with van der Waals surface area (Å²) in [4.78, 5) is 16.9. The number of aryl methyl sites for hydroxylation is 1. The number of rotatable bonds is 5. The van der Waals surface area contributed by atoms with E-state index in [-0.39, 0.29) is 0 Å². The number of aromatic nitrogens is 2. The lowest BCUT2D eigenvalue weighted by atomic mass is 9.97. The van der Waals surface area contributed by atoms with Crippen LogP contribution in [0.2, 0.25) is 0 Å². The highest BCUT2D eigenvalue weighted by molar-refractivity contribution is 5.97. The average Bonchev–Trinajstić information content (AvgIpc) is 3.61. The summed E-state index contributed by atoms with van der Waals surface area (Å²) in [5.74, 6) is 1.06. The van der Waals surface area contributed by atoms with Crippen LogP contribution < -0.4 is 19.9 Å². The second kappa shape index (κ2) is 12.0. The van der Waals surface area contributed by atoms with Gasteiger partial charge in [-0.05, 0) is 75.7 Å². The van der Waals surface area contributed by atoms with Crippen LogP contribution in [0.3, 0.4) is 0 Å². The van der Waals surface area contributed by atoms with E-state index < -0.39 is 0 Å². The topological polar surface area (TPSA) is 80.6 Å². The van der Waals surface area contributed by atoms with Crippen molar-refractivity contribution >= 4 is 22.3 Å². The minimum atomic E-state index is 0.453. The van der Waals surface area contributed by atoms with Crippen LogP contribution in [0.4, 0.5) is 11.5 Å². The Balaban J connectivity index is 0.000000429. The standard InChI is InChI=1S/C27H30N6O.C5H11N/c1-34-27-30-23-17-32(24-9-3-7-18-5-2-6-19(25(18)24)8-4-13-28)14-12-22(23)26(31-27)33-15-20-10-11-21(16-33)29-20;1-6-4-2-3-5-6/h2-3,5-7,9,20-21,29H,4,8,10-12,14-17H2,1H3;2-5H2,1H3. The van der Waals surface area contributed by atoms with Gasteiger partial charge in [-0.2, -0.15) is 15.2 Å². The third-order valence-corrected chi connectivity index (χ3v) is 8.87. The maximum absolute atomic E-state index is 9.15. The van der Waals surface area contributed by atoms with Crippen molar-refractivity contribution in [2.75, 3.05) is 56.7 Å². The molecule has 8 heteroatoms. The molecule has 2 aromatic carbocycles. The summed E-state index contributed by atoms with van der Waals surface area (Å²) in [5.41, 5.74) is 4.78. The maximum Gasteiger partial charge on any atom is 0.318 e. The van der Waals surface area contributed by atoms with Crippen molar-refractivity contribution in [1.29, 1.82) is 5.26 Å². The molecule has 3 fully saturated rings.